The average molecular weight is 438 g/mol. The molecule has 2 heterocycles. The number of hydrogen-bond acceptors (Lipinski definition) is 1. The predicted molar refractivity (Wildman–Crippen MR) is 132 cm³/mol. The lowest BCUT2D eigenvalue weighted by Gasteiger charge is -2.32. The third kappa shape index (κ3) is 3.07. The minimum Gasteiger partial charge on any atom is -0.318 e. The van der Waals surface area contributed by atoms with Gasteiger partial charge in [-0.25, -0.2) is 0 Å². The summed E-state index contributed by atoms with van der Waals surface area (Å²) in [6, 6.07) is 38.8. The Bertz CT molecular complexity index is 1280. The fourth-order valence-electron chi connectivity index (χ4n) is 5.50. The quantitative estimate of drug-likeness (QED) is 0.315. The second-order valence-electron chi connectivity index (χ2n) is 8.54. The summed E-state index contributed by atoms with van der Waals surface area (Å²) in [7, 11) is -3.15. The van der Waals surface area contributed by atoms with Gasteiger partial charge in [0, 0.05) is 17.1 Å². The van der Waals surface area contributed by atoms with Crippen LogP contribution in [0.5, 0.6) is 0 Å². The Morgan fingerprint density at radius 2 is 1.23 bits per heavy atom. The highest BCUT2D eigenvalue weighted by Gasteiger charge is 2.51. The molecular formula is C28H24OP2. The molecule has 152 valence electrons. The molecule has 4 aromatic carbocycles. The molecule has 0 fully saturated rings. The summed E-state index contributed by atoms with van der Waals surface area (Å²) in [6.07, 6.45) is 1.75. The second kappa shape index (κ2) is 7.59. The summed E-state index contributed by atoms with van der Waals surface area (Å²) in [6.45, 7) is 0. The first-order valence-corrected chi connectivity index (χ1v) is 14.4. The Morgan fingerprint density at radius 1 is 0.645 bits per heavy atom. The van der Waals surface area contributed by atoms with Crippen molar-refractivity contribution in [1.82, 2.24) is 0 Å². The van der Waals surface area contributed by atoms with Crippen molar-refractivity contribution in [2.45, 2.75) is 23.6 Å². The van der Waals surface area contributed by atoms with Crippen molar-refractivity contribution in [2.24, 2.45) is 0 Å². The molecule has 4 aromatic rings. The molecule has 0 unspecified atom stereocenters. The highest BCUT2D eigenvalue weighted by atomic mass is 31.2. The zero-order valence-electron chi connectivity index (χ0n) is 17.3. The van der Waals surface area contributed by atoms with Crippen molar-refractivity contribution in [1.29, 1.82) is 0 Å². The van der Waals surface area contributed by atoms with Crippen molar-refractivity contribution < 1.29 is 4.57 Å². The van der Waals surface area contributed by atoms with Crippen LogP contribution in [-0.2, 0) is 16.9 Å². The summed E-state index contributed by atoms with van der Waals surface area (Å²) in [5.74, 6) is 0. The lowest BCUT2D eigenvalue weighted by molar-refractivity contribution is 0.573. The van der Waals surface area contributed by atoms with Gasteiger partial charge in [-0.05, 0) is 33.7 Å². The molecule has 2 aliphatic heterocycles. The number of hydrogen-bond donors (Lipinski definition) is 0. The first kappa shape index (κ1) is 19.2. The maximum atomic E-state index is 15.0. The molecule has 31 heavy (non-hydrogen) atoms. The van der Waals surface area contributed by atoms with Crippen LogP contribution < -0.4 is 10.6 Å². The molecule has 0 saturated heterocycles. The van der Waals surface area contributed by atoms with E-state index in [4.69, 9.17) is 0 Å². The normalized spacial score (nSPS) is 26.4. The fourth-order valence-corrected chi connectivity index (χ4v) is 13.1. The Labute approximate surface area is 185 Å². The Morgan fingerprint density at radius 3 is 1.97 bits per heavy atom. The number of fused-ring (bicyclic) bond motifs is 2. The first-order valence-electron chi connectivity index (χ1n) is 10.9. The van der Waals surface area contributed by atoms with E-state index < -0.39 is 15.1 Å². The standard InChI is InChI=1S/C28H24OP2/c29-31(24-15-5-2-6-16-24)20-22-12-8-10-18-26(22)28(31)27-25-17-9-7-11-21(25)19-30(27)23-13-3-1-4-14-23/h1-18,27-28H,19-20H2/t27-,28-,30+,31+/m0/s1. The molecule has 1 nitrogen and oxygen atoms in total. The van der Waals surface area contributed by atoms with Gasteiger partial charge in [-0.1, -0.05) is 117 Å². The van der Waals surface area contributed by atoms with Gasteiger partial charge in [0.2, 0.25) is 0 Å². The van der Waals surface area contributed by atoms with Gasteiger partial charge < -0.3 is 4.57 Å². The first-order chi connectivity index (χ1) is 15.3. The number of benzene rings is 4. The van der Waals surface area contributed by atoms with Crippen molar-refractivity contribution in [3.8, 4) is 0 Å². The minimum absolute atomic E-state index is 0.0427. The van der Waals surface area contributed by atoms with Crippen molar-refractivity contribution >= 4 is 25.7 Å². The third-order valence-corrected chi connectivity index (χ3v) is 13.4. The molecule has 0 saturated carbocycles. The maximum Gasteiger partial charge on any atom is 0.127 e. The summed E-state index contributed by atoms with van der Waals surface area (Å²) in [4.78, 5) is 0. The van der Waals surface area contributed by atoms with Crippen LogP contribution in [0.1, 0.15) is 33.6 Å². The van der Waals surface area contributed by atoms with Crippen LogP contribution in [0.4, 0.5) is 0 Å². The van der Waals surface area contributed by atoms with E-state index in [1.807, 2.05) is 18.2 Å². The van der Waals surface area contributed by atoms with Gasteiger partial charge in [-0.3, -0.25) is 0 Å². The Balaban J connectivity index is 1.59. The monoisotopic (exact) mass is 438 g/mol. The Kier molecular flexibility index (Phi) is 4.71. The average Bonchev–Trinajstić information content (AvgIpc) is 3.35. The van der Waals surface area contributed by atoms with Crippen LogP contribution in [0, 0.1) is 0 Å². The van der Waals surface area contributed by atoms with E-state index in [1.54, 1.807) is 0 Å². The van der Waals surface area contributed by atoms with Crippen molar-refractivity contribution in [3.05, 3.63) is 131 Å². The minimum atomic E-state index is -2.66. The van der Waals surface area contributed by atoms with Crippen LogP contribution in [0.15, 0.2) is 109 Å². The molecule has 0 amide bonds. The molecule has 6 rings (SSSR count). The van der Waals surface area contributed by atoms with Crippen LogP contribution in [0.3, 0.4) is 0 Å². The van der Waals surface area contributed by atoms with Gasteiger partial charge in [0.1, 0.15) is 7.14 Å². The van der Waals surface area contributed by atoms with Crippen LogP contribution in [-0.4, -0.2) is 0 Å². The van der Waals surface area contributed by atoms with Gasteiger partial charge in [0.15, 0.2) is 0 Å². The summed E-state index contributed by atoms with van der Waals surface area (Å²) < 4.78 is 15.0. The van der Waals surface area contributed by atoms with E-state index in [-0.39, 0.29) is 11.3 Å². The second-order valence-corrected chi connectivity index (χ2v) is 13.8. The van der Waals surface area contributed by atoms with E-state index in [1.165, 1.54) is 27.6 Å². The van der Waals surface area contributed by atoms with Gasteiger partial charge in [-0.2, -0.15) is 0 Å². The zero-order valence-corrected chi connectivity index (χ0v) is 19.1. The topological polar surface area (TPSA) is 17.1 Å². The van der Waals surface area contributed by atoms with Crippen LogP contribution in [0.2, 0.25) is 0 Å². The number of rotatable bonds is 3. The van der Waals surface area contributed by atoms with Gasteiger partial charge in [0.25, 0.3) is 0 Å². The summed E-state index contributed by atoms with van der Waals surface area (Å²) in [5.41, 5.74) is 5.75. The van der Waals surface area contributed by atoms with Crippen LogP contribution >= 0.6 is 15.1 Å². The molecule has 3 heteroatoms. The van der Waals surface area contributed by atoms with Gasteiger partial charge in [-0.15, -0.1) is 0 Å². The lowest BCUT2D eigenvalue weighted by Crippen LogP contribution is -2.15. The van der Waals surface area contributed by atoms with E-state index in [0.29, 0.717) is 6.16 Å². The molecule has 0 bridgehead atoms. The van der Waals surface area contributed by atoms with Gasteiger partial charge >= 0.3 is 0 Å². The maximum absolute atomic E-state index is 15.0. The lowest BCUT2D eigenvalue weighted by atomic mass is 9.98. The van der Waals surface area contributed by atoms with E-state index >= 15 is 0 Å². The molecule has 0 aromatic heterocycles. The highest BCUT2D eigenvalue weighted by molar-refractivity contribution is 7.73. The molecule has 4 atom stereocenters. The van der Waals surface area contributed by atoms with Crippen molar-refractivity contribution in [3.63, 3.8) is 0 Å². The van der Waals surface area contributed by atoms with Crippen molar-refractivity contribution in [2.75, 3.05) is 0 Å². The molecule has 2 aliphatic rings. The van der Waals surface area contributed by atoms with Gasteiger partial charge in [0.05, 0.1) is 5.66 Å². The largest absolute Gasteiger partial charge is 0.318 e. The molecule has 0 aliphatic carbocycles. The predicted octanol–water partition coefficient (Wildman–Crippen LogP) is 6.99. The SMILES string of the molecule is O=[P@@]1(c2ccccc2)Cc2ccccc2[C@H]1[C@@H]1c2ccccc2C[P@]1c1ccccc1. The third-order valence-electron chi connectivity index (χ3n) is 6.86. The molecule has 0 N–H and O–H groups in total. The molecule has 0 radical (unpaired) electrons. The molecule has 0 spiro atoms. The summed E-state index contributed by atoms with van der Waals surface area (Å²) >= 11 is 0. The van der Waals surface area contributed by atoms with E-state index in [9.17, 15) is 4.57 Å². The van der Waals surface area contributed by atoms with E-state index in [0.717, 1.165) is 11.5 Å². The highest BCUT2D eigenvalue weighted by Crippen LogP contribution is 2.78. The van der Waals surface area contributed by atoms with Crippen LogP contribution in [0.25, 0.3) is 0 Å². The zero-order chi connectivity index (χ0) is 20.8. The Hall–Kier alpha value is -2.46. The van der Waals surface area contributed by atoms with E-state index in [2.05, 4.69) is 91.0 Å². The fraction of sp³-hybridized carbons (Fsp3) is 0.143. The smallest absolute Gasteiger partial charge is 0.127 e. The molecular weight excluding hydrogens is 414 g/mol. The summed E-state index contributed by atoms with van der Waals surface area (Å²) in [5, 5.41) is 2.45.